The van der Waals surface area contributed by atoms with E-state index in [9.17, 15) is 0 Å². The largest absolute Gasteiger partial charge is 0.495 e. The Bertz CT molecular complexity index is 692. The molecule has 0 aliphatic carbocycles. The summed E-state index contributed by atoms with van der Waals surface area (Å²) < 4.78 is 7.03. The minimum absolute atomic E-state index is 0.573. The number of rotatable bonds is 2. The van der Waals surface area contributed by atoms with Crippen molar-refractivity contribution < 1.29 is 4.74 Å². The minimum Gasteiger partial charge on any atom is -0.495 e. The average molecular weight is 259 g/mol. The van der Waals surface area contributed by atoms with E-state index in [0.717, 1.165) is 16.6 Å². The predicted octanol–water partition coefficient (Wildman–Crippen LogP) is 3.69. The zero-order valence-corrected chi connectivity index (χ0v) is 10.6. The Hall–Kier alpha value is -2.00. The van der Waals surface area contributed by atoms with E-state index in [0.29, 0.717) is 10.8 Å². The van der Waals surface area contributed by atoms with Gasteiger partial charge in [0.15, 0.2) is 0 Å². The number of aromatic nitrogens is 2. The summed E-state index contributed by atoms with van der Waals surface area (Å²) in [5.74, 6) is 0.664. The van der Waals surface area contributed by atoms with Crippen LogP contribution in [0, 0.1) is 0 Å². The van der Waals surface area contributed by atoms with Crippen molar-refractivity contribution in [2.45, 2.75) is 0 Å². The summed E-state index contributed by atoms with van der Waals surface area (Å²) in [6, 6.07) is 13.7. The summed E-state index contributed by atoms with van der Waals surface area (Å²) in [5, 5.41) is 6.07. The quantitative estimate of drug-likeness (QED) is 0.701. The molecule has 18 heavy (non-hydrogen) atoms. The molecule has 4 heteroatoms. The fraction of sp³-hybridized carbons (Fsp3) is 0.0714. The van der Waals surface area contributed by atoms with E-state index >= 15 is 0 Å². The Morgan fingerprint density at radius 3 is 2.67 bits per heavy atom. The Morgan fingerprint density at radius 1 is 1.17 bits per heavy atom. The van der Waals surface area contributed by atoms with Crippen LogP contribution in [0.1, 0.15) is 0 Å². The smallest absolute Gasteiger partial charge is 0.138 e. The van der Waals surface area contributed by atoms with Crippen molar-refractivity contribution in [3.63, 3.8) is 0 Å². The topological polar surface area (TPSA) is 27.1 Å². The molecule has 0 radical (unpaired) electrons. The summed E-state index contributed by atoms with van der Waals surface area (Å²) in [4.78, 5) is 0. The van der Waals surface area contributed by atoms with Crippen molar-refractivity contribution >= 4 is 22.5 Å². The molecule has 0 bridgehead atoms. The van der Waals surface area contributed by atoms with Crippen molar-refractivity contribution in [1.29, 1.82) is 0 Å². The van der Waals surface area contributed by atoms with E-state index in [2.05, 4.69) is 5.10 Å². The molecular formula is C14H11ClN2O. The molecule has 0 fully saturated rings. The normalized spacial score (nSPS) is 10.8. The van der Waals surface area contributed by atoms with Crippen molar-refractivity contribution in [2.24, 2.45) is 0 Å². The molecule has 0 aliphatic heterocycles. The molecule has 0 spiro atoms. The number of halogens is 1. The highest BCUT2D eigenvalue weighted by molar-refractivity contribution is 6.32. The molecular weight excluding hydrogens is 248 g/mol. The second-order valence-corrected chi connectivity index (χ2v) is 4.36. The van der Waals surface area contributed by atoms with Crippen LogP contribution in [0.3, 0.4) is 0 Å². The number of fused-ring (bicyclic) bond motifs is 1. The third-order valence-electron chi connectivity index (χ3n) is 2.80. The van der Waals surface area contributed by atoms with E-state index in [1.165, 1.54) is 0 Å². The van der Waals surface area contributed by atoms with Crippen LogP contribution in [-0.4, -0.2) is 16.9 Å². The van der Waals surface area contributed by atoms with Gasteiger partial charge in [-0.1, -0.05) is 29.8 Å². The molecule has 0 aliphatic rings. The zero-order chi connectivity index (χ0) is 12.5. The Kier molecular flexibility index (Phi) is 2.68. The van der Waals surface area contributed by atoms with Crippen LogP contribution in [0.4, 0.5) is 0 Å². The third kappa shape index (κ3) is 1.83. The van der Waals surface area contributed by atoms with Crippen molar-refractivity contribution in [2.75, 3.05) is 7.11 Å². The van der Waals surface area contributed by atoms with E-state index in [1.807, 2.05) is 53.3 Å². The molecule has 3 aromatic rings. The first-order valence-corrected chi connectivity index (χ1v) is 5.94. The predicted molar refractivity (Wildman–Crippen MR) is 72.6 cm³/mol. The lowest BCUT2D eigenvalue weighted by molar-refractivity contribution is 0.415. The van der Waals surface area contributed by atoms with Gasteiger partial charge in [-0.25, -0.2) is 4.68 Å². The number of benzene rings is 2. The number of hydrogen-bond acceptors (Lipinski definition) is 2. The molecule has 0 amide bonds. The van der Waals surface area contributed by atoms with Crippen LogP contribution in [0.15, 0.2) is 48.7 Å². The molecule has 0 N–H and O–H groups in total. The van der Waals surface area contributed by atoms with Crippen molar-refractivity contribution in [1.82, 2.24) is 9.78 Å². The van der Waals surface area contributed by atoms with Gasteiger partial charge in [0.05, 0.1) is 23.3 Å². The molecule has 0 saturated heterocycles. The Morgan fingerprint density at radius 2 is 1.94 bits per heavy atom. The van der Waals surface area contributed by atoms with Crippen LogP contribution in [0.25, 0.3) is 16.6 Å². The first-order chi connectivity index (χ1) is 8.78. The first-order valence-electron chi connectivity index (χ1n) is 5.56. The fourth-order valence-electron chi connectivity index (χ4n) is 1.89. The molecule has 2 aromatic carbocycles. The van der Waals surface area contributed by atoms with Gasteiger partial charge in [-0.2, -0.15) is 5.10 Å². The highest BCUT2D eigenvalue weighted by Crippen LogP contribution is 2.29. The van der Waals surface area contributed by atoms with Gasteiger partial charge in [-0.3, -0.25) is 0 Å². The SMILES string of the molecule is COc1cc2cn(-c3ccccc3)nc2cc1Cl. The van der Waals surface area contributed by atoms with E-state index < -0.39 is 0 Å². The van der Waals surface area contributed by atoms with Crippen molar-refractivity contribution in [3.05, 3.63) is 53.7 Å². The van der Waals surface area contributed by atoms with E-state index in [1.54, 1.807) is 7.11 Å². The van der Waals surface area contributed by atoms with Crippen molar-refractivity contribution in [3.8, 4) is 11.4 Å². The molecule has 3 rings (SSSR count). The summed E-state index contributed by atoms with van der Waals surface area (Å²) in [6.45, 7) is 0. The van der Waals surface area contributed by atoms with Crippen LogP contribution in [0.2, 0.25) is 5.02 Å². The van der Waals surface area contributed by atoms with Gasteiger partial charge < -0.3 is 4.74 Å². The van der Waals surface area contributed by atoms with Gasteiger partial charge >= 0.3 is 0 Å². The van der Waals surface area contributed by atoms with Crippen LogP contribution in [-0.2, 0) is 0 Å². The first kappa shape index (κ1) is 11.1. The minimum atomic E-state index is 0.573. The average Bonchev–Trinajstić information content (AvgIpc) is 2.81. The molecule has 1 aromatic heterocycles. The van der Waals surface area contributed by atoms with Gasteiger partial charge in [0.1, 0.15) is 5.75 Å². The zero-order valence-electron chi connectivity index (χ0n) is 9.80. The number of ether oxygens (including phenoxy) is 1. The summed E-state index contributed by atoms with van der Waals surface area (Å²) in [7, 11) is 1.61. The van der Waals surface area contributed by atoms with E-state index in [-0.39, 0.29) is 0 Å². The lowest BCUT2D eigenvalue weighted by Crippen LogP contribution is -1.92. The highest BCUT2D eigenvalue weighted by atomic mass is 35.5. The molecule has 0 atom stereocenters. The van der Waals surface area contributed by atoms with Gasteiger partial charge in [-0.05, 0) is 24.3 Å². The molecule has 0 saturated carbocycles. The number of methoxy groups -OCH3 is 1. The van der Waals surface area contributed by atoms with Gasteiger partial charge in [0.2, 0.25) is 0 Å². The second kappa shape index (κ2) is 4.35. The molecule has 90 valence electrons. The van der Waals surface area contributed by atoms with Crippen LogP contribution >= 0.6 is 11.6 Å². The molecule has 3 nitrogen and oxygen atoms in total. The van der Waals surface area contributed by atoms with Crippen LogP contribution < -0.4 is 4.74 Å². The number of para-hydroxylation sites is 1. The highest BCUT2D eigenvalue weighted by Gasteiger charge is 2.07. The second-order valence-electron chi connectivity index (χ2n) is 3.95. The summed E-state index contributed by atoms with van der Waals surface area (Å²) >= 11 is 6.08. The van der Waals surface area contributed by atoms with Gasteiger partial charge in [0, 0.05) is 11.6 Å². The lowest BCUT2D eigenvalue weighted by Gasteiger charge is -2.00. The molecule has 0 unspecified atom stereocenters. The van der Waals surface area contributed by atoms with Gasteiger partial charge in [0.25, 0.3) is 0 Å². The molecule has 1 heterocycles. The maximum absolute atomic E-state index is 6.08. The third-order valence-corrected chi connectivity index (χ3v) is 3.09. The maximum Gasteiger partial charge on any atom is 0.138 e. The van der Waals surface area contributed by atoms with Crippen LogP contribution in [0.5, 0.6) is 5.75 Å². The number of nitrogens with zero attached hydrogens (tertiary/aromatic N) is 2. The Labute approximate surface area is 110 Å². The maximum atomic E-state index is 6.08. The summed E-state index contributed by atoms with van der Waals surface area (Å²) in [5.41, 5.74) is 1.87. The monoisotopic (exact) mass is 258 g/mol. The van der Waals surface area contributed by atoms with E-state index in [4.69, 9.17) is 16.3 Å². The lowest BCUT2D eigenvalue weighted by atomic mass is 10.2. The number of hydrogen-bond donors (Lipinski definition) is 0. The van der Waals surface area contributed by atoms with Gasteiger partial charge in [-0.15, -0.1) is 0 Å². The fourth-order valence-corrected chi connectivity index (χ4v) is 2.13. The standard InChI is InChI=1S/C14H11ClN2O/c1-18-14-7-10-9-17(11-5-3-2-4-6-11)16-13(10)8-12(14)15/h2-9H,1H3. The summed E-state index contributed by atoms with van der Waals surface area (Å²) in [6.07, 6.45) is 1.96. The Balaban J connectivity index is 2.17.